The first-order valence-corrected chi connectivity index (χ1v) is 5.40. The third-order valence-corrected chi connectivity index (χ3v) is 2.72. The van der Waals surface area contributed by atoms with E-state index in [0.29, 0.717) is 5.82 Å². The van der Waals surface area contributed by atoms with E-state index < -0.39 is 0 Å². The van der Waals surface area contributed by atoms with Crippen LogP contribution in [-0.2, 0) is 0 Å². The summed E-state index contributed by atoms with van der Waals surface area (Å²) in [5.41, 5.74) is 7.53. The molecule has 0 bridgehead atoms. The summed E-state index contributed by atoms with van der Waals surface area (Å²) in [6.45, 7) is 0. The van der Waals surface area contributed by atoms with Crippen molar-refractivity contribution in [3.63, 3.8) is 0 Å². The minimum absolute atomic E-state index is 0.440. The van der Waals surface area contributed by atoms with Crippen LogP contribution in [0, 0.1) is 0 Å². The zero-order valence-corrected chi connectivity index (χ0v) is 9.17. The van der Waals surface area contributed by atoms with Gasteiger partial charge in [-0.3, -0.25) is 4.98 Å². The average Bonchev–Trinajstić information content (AvgIpc) is 2.38. The van der Waals surface area contributed by atoms with Gasteiger partial charge in [0.25, 0.3) is 0 Å². The maximum absolute atomic E-state index is 5.67. The van der Waals surface area contributed by atoms with Crippen molar-refractivity contribution < 1.29 is 0 Å². The number of fused-ring (bicyclic) bond motifs is 1. The van der Waals surface area contributed by atoms with Gasteiger partial charge in [-0.1, -0.05) is 42.5 Å². The Bertz CT molecular complexity index is 672. The largest absolute Gasteiger partial charge is 0.382 e. The Balaban J connectivity index is 2.30. The SMILES string of the molecule is Nc1cncc(-c2cccc3ccccc23)n1. The van der Waals surface area contributed by atoms with Gasteiger partial charge in [0, 0.05) is 5.56 Å². The summed E-state index contributed by atoms with van der Waals surface area (Å²) in [6, 6.07) is 14.3. The predicted molar refractivity (Wildman–Crippen MR) is 69.4 cm³/mol. The van der Waals surface area contributed by atoms with Gasteiger partial charge in [0.05, 0.1) is 18.1 Å². The van der Waals surface area contributed by atoms with E-state index in [-0.39, 0.29) is 0 Å². The topological polar surface area (TPSA) is 51.8 Å². The van der Waals surface area contributed by atoms with E-state index >= 15 is 0 Å². The Hall–Kier alpha value is -2.42. The molecule has 1 heterocycles. The highest BCUT2D eigenvalue weighted by molar-refractivity contribution is 5.95. The molecule has 0 aliphatic heterocycles. The molecule has 0 spiro atoms. The van der Waals surface area contributed by atoms with Gasteiger partial charge >= 0.3 is 0 Å². The summed E-state index contributed by atoms with van der Waals surface area (Å²) in [5.74, 6) is 0.440. The highest BCUT2D eigenvalue weighted by atomic mass is 14.9. The normalized spacial score (nSPS) is 10.6. The first kappa shape index (κ1) is 9.78. The number of nitrogens with two attached hydrogens (primary N) is 1. The molecule has 0 aliphatic rings. The zero-order valence-electron chi connectivity index (χ0n) is 9.17. The number of rotatable bonds is 1. The van der Waals surface area contributed by atoms with Crippen molar-refractivity contribution in [2.45, 2.75) is 0 Å². The molecular weight excluding hydrogens is 210 g/mol. The van der Waals surface area contributed by atoms with E-state index in [1.165, 1.54) is 5.39 Å². The predicted octanol–water partition coefficient (Wildman–Crippen LogP) is 2.88. The molecule has 0 atom stereocenters. The molecular formula is C14H11N3. The van der Waals surface area contributed by atoms with Crippen LogP contribution in [0.25, 0.3) is 22.0 Å². The van der Waals surface area contributed by atoms with Crippen molar-refractivity contribution in [3.05, 3.63) is 54.9 Å². The van der Waals surface area contributed by atoms with Crippen LogP contribution >= 0.6 is 0 Å². The molecule has 0 saturated carbocycles. The van der Waals surface area contributed by atoms with E-state index in [4.69, 9.17) is 5.73 Å². The van der Waals surface area contributed by atoms with Gasteiger partial charge in [-0.25, -0.2) is 4.98 Å². The van der Waals surface area contributed by atoms with E-state index in [9.17, 15) is 0 Å². The Kier molecular flexibility index (Phi) is 2.22. The van der Waals surface area contributed by atoms with Crippen molar-refractivity contribution in [3.8, 4) is 11.3 Å². The monoisotopic (exact) mass is 221 g/mol. The molecule has 3 aromatic rings. The molecule has 3 rings (SSSR count). The number of aromatic nitrogens is 2. The smallest absolute Gasteiger partial charge is 0.142 e. The molecule has 2 aromatic carbocycles. The molecule has 0 amide bonds. The molecule has 0 saturated heterocycles. The lowest BCUT2D eigenvalue weighted by Gasteiger charge is -2.05. The van der Waals surface area contributed by atoms with Crippen LogP contribution in [0.15, 0.2) is 54.9 Å². The second kappa shape index (κ2) is 3.87. The molecule has 0 unspecified atom stereocenters. The summed E-state index contributed by atoms with van der Waals surface area (Å²) < 4.78 is 0. The van der Waals surface area contributed by atoms with Crippen LogP contribution < -0.4 is 5.73 Å². The van der Waals surface area contributed by atoms with Crippen molar-refractivity contribution in [2.75, 3.05) is 5.73 Å². The third kappa shape index (κ3) is 1.72. The number of anilines is 1. The van der Waals surface area contributed by atoms with Gasteiger partial charge in [-0.05, 0) is 10.8 Å². The second-order valence-corrected chi connectivity index (χ2v) is 3.86. The first-order valence-electron chi connectivity index (χ1n) is 5.40. The number of hydrogen-bond donors (Lipinski definition) is 1. The average molecular weight is 221 g/mol. The molecule has 0 radical (unpaired) electrons. The molecule has 1 aromatic heterocycles. The lowest BCUT2D eigenvalue weighted by Crippen LogP contribution is -1.93. The molecule has 2 N–H and O–H groups in total. The fourth-order valence-corrected chi connectivity index (χ4v) is 1.96. The highest BCUT2D eigenvalue weighted by Crippen LogP contribution is 2.26. The van der Waals surface area contributed by atoms with E-state index in [1.807, 2.05) is 24.3 Å². The fourth-order valence-electron chi connectivity index (χ4n) is 1.96. The summed E-state index contributed by atoms with van der Waals surface area (Å²) in [6.07, 6.45) is 3.28. The van der Waals surface area contributed by atoms with Crippen LogP contribution in [-0.4, -0.2) is 9.97 Å². The third-order valence-electron chi connectivity index (χ3n) is 2.72. The lowest BCUT2D eigenvalue weighted by atomic mass is 10.0. The van der Waals surface area contributed by atoms with Crippen LogP contribution in [0.4, 0.5) is 5.82 Å². The maximum Gasteiger partial charge on any atom is 0.142 e. The summed E-state index contributed by atoms with van der Waals surface area (Å²) in [4.78, 5) is 8.39. The molecule has 0 aliphatic carbocycles. The van der Waals surface area contributed by atoms with Gasteiger partial charge in [0.2, 0.25) is 0 Å². The summed E-state index contributed by atoms with van der Waals surface area (Å²) in [7, 11) is 0. The highest BCUT2D eigenvalue weighted by Gasteiger charge is 2.04. The zero-order chi connectivity index (χ0) is 11.7. The minimum atomic E-state index is 0.440. The first-order chi connectivity index (χ1) is 8.34. The van der Waals surface area contributed by atoms with E-state index in [0.717, 1.165) is 16.6 Å². The molecule has 17 heavy (non-hydrogen) atoms. The van der Waals surface area contributed by atoms with Gasteiger partial charge in [-0.2, -0.15) is 0 Å². The van der Waals surface area contributed by atoms with Crippen molar-refractivity contribution >= 4 is 16.6 Å². The summed E-state index contributed by atoms with van der Waals surface area (Å²) >= 11 is 0. The van der Waals surface area contributed by atoms with Gasteiger partial charge in [-0.15, -0.1) is 0 Å². The summed E-state index contributed by atoms with van der Waals surface area (Å²) in [5, 5.41) is 2.35. The van der Waals surface area contributed by atoms with Crippen LogP contribution in [0.5, 0.6) is 0 Å². The Morgan fingerprint density at radius 1 is 0.882 bits per heavy atom. The lowest BCUT2D eigenvalue weighted by molar-refractivity contribution is 1.22. The van der Waals surface area contributed by atoms with Crippen molar-refractivity contribution in [2.24, 2.45) is 0 Å². The van der Waals surface area contributed by atoms with E-state index in [2.05, 4.69) is 28.2 Å². The van der Waals surface area contributed by atoms with Crippen LogP contribution in [0.3, 0.4) is 0 Å². The van der Waals surface area contributed by atoms with Gasteiger partial charge in [0.15, 0.2) is 0 Å². The minimum Gasteiger partial charge on any atom is -0.382 e. The Morgan fingerprint density at radius 2 is 1.71 bits per heavy atom. The quantitative estimate of drug-likeness (QED) is 0.687. The number of nitrogens with zero attached hydrogens (tertiary/aromatic N) is 2. The van der Waals surface area contributed by atoms with Crippen LogP contribution in [0.2, 0.25) is 0 Å². The molecule has 3 heteroatoms. The number of hydrogen-bond acceptors (Lipinski definition) is 3. The van der Waals surface area contributed by atoms with Gasteiger partial charge < -0.3 is 5.73 Å². The molecule has 3 nitrogen and oxygen atoms in total. The Labute approximate surface area is 98.9 Å². The number of nitrogen functional groups attached to an aromatic ring is 1. The van der Waals surface area contributed by atoms with E-state index in [1.54, 1.807) is 12.4 Å². The molecule has 0 fully saturated rings. The molecule has 82 valence electrons. The number of benzene rings is 2. The van der Waals surface area contributed by atoms with Gasteiger partial charge in [0.1, 0.15) is 5.82 Å². The van der Waals surface area contributed by atoms with Crippen molar-refractivity contribution in [1.82, 2.24) is 9.97 Å². The Morgan fingerprint density at radius 3 is 2.59 bits per heavy atom. The standard InChI is InChI=1S/C14H11N3/c15-14-9-16-8-13(17-14)12-7-3-5-10-4-1-2-6-11(10)12/h1-9H,(H2,15,17). The maximum atomic E-state index is 5.67. The van der Waals surface area contributed by atoms with Crippen molar-refractivity contribution in [1.29, 1.82) is 0 Å². The fraction of sp³-hybridized carbons (Fsp3) is 0. The van der Waals surface area contributed by atoms with Crippen LogP contribution in [0.1, 0.15) is 0 Å². The second-order valence-electron chi connectivity index (χ2n) is 3.86.